The fraction of sp³-hybridized carbons (Fsp3) is 0.286. The van der Waals surface area contributed by atoms with Crippen molar-refractivity contribution in [1.82, 2.24) is 9.97 Å². The Balaban J connectivity index is 2.28. The second-order valence-electron chi connectivity index (χ2n) is 4.32. The third kappa shape index (κ3) is 3.52. The average molecular weight is 312 g/mol. The van der Waals surface area contributed by atoms with Crippen molar-refractivity contribution in [2.75, 3.05) is 19.5 Å². The van der Waals surface area contributed by atoms with Gasteiger partial charge in [-0.15, -0.1) is 0 Å². The molecule has 0 aliphatic rings. The van der Waals surface area contributed by atoms with E-state index in [9.17, 15) is 4.39 Å². The normalized spacial score (nSPS) is 11.9. The smallest absolute Gasteiger partial charge is 0.163 e. The molecule has 2 aromatic rings. The number of methoxy groups -OCH3 is 2. The van der Waals surface area contributed by atoms with Crippen molar-refractivity contribution in [2.45, 2.75) is 13.0 Å². The van der Waals surface area contributed by atoms with E-state index in [2.05, 4.69) is 15.3 Å². The fourth-order valence-corrected chi connectivity index (χ4v) is 2.06. The Kier molecular flexibility index (Phi) is 4.80. The molecule has 0 spiro atoms. The summed E-state index contributed by atoms with van der Waals surface area (Å²) >= 11 is 5.77. The molecule has 1 atom stereocenters. The van der Waals surface area contributed by atoms with Gasteiger partial charge in [0.2, 0.25) is 0 Å². The zero-order valence-corrected chi connectivity index (χ0v) is 12.6. The first-order chi connectivity index (χ1) is 10.0. The summed E-state index contributed by atoms with van der Waals surface area (Å²) in [4.78, 5) is 7.98. The van der Waals surface area contributed by atoms with Gasteiger partial charge < -0.3 is 14.8 Å². The van der Waals surface area contributed by atoms with Crippen molar-refractivity contribution >= 4 is 17.4 Å². The lowest BCUT2D eigenvalue weighted by atomic mass is 10.1. The number of halogens is 2. The first-order valence-electron chi connectivity index (χ1n) is 6.20. The van der Waals surface area contributed by atoms with Gasteiger partial charge in [0.15, 0.2) is 11.5 Å². The largest absolute Gasteiger partial charge is 0.493 e. The second kappa shape index (κ2) is 6.58. The van der Waals surface area contributed by atoms with E-state index in [1.54, 1.807) is 13.0 Å². The van der Waals surface area contributed by atoms with Crippen molar-refractivity contribution in [1.29, 1.82) is 0 Å². The van der Waals surface area contributed by atoms with Crippen LogP contribution in [-0.2, 0) is 0 Å². The van der Waals surface area contributed by atoms with E-state index >= 15 is 0 Å². The van der Waals surface area contributed by atoms with Crippen LogP contribution in [0.3, 0.4) is 0 Å². The quantitative estimate of drug-likeness (QED) is 0.916. The van der Waals surface area contributed by atoms with E-state index in [0.29, 0.717) is 22.9 Å². The van der Waals surface area contributed by atoms with Crippen molar-refractivity contribution in [3.63, 3.8) is 0 Å². The van der Waals surface area contributed by atoms with Gasteiger partial charge >= 0.3 is 0 Å². The van der Waals surface area contributed by atoms with E-state index in [4.69, 9.17) is 21.1 Å². The van der Waals surface area contributed by atoms with Gasteiger partial charge in [-0.3, -0.25) is 4.98 Å². The predicted molar refractivity (Wildman–Crippen MR) is 78.6 cm³/mol. The molecule has 1 aromatic heterocycles. The number of aromatic nitrogens is 2. The van der Waals surface area contributed by atoms with Gasteiger partial charge in [0, 0.05) is 11.6 Å². The predicted octanol–water partition coefficient (Wildman–Crippen LogP) is 3.46. The Morgan fingerprint density at radius 1 is 1.19 bits per heavy atom. The molecule has 0 radical (unpaired) electrons. The Morgan fingerprint density at radius 2 is 1.86 bits per heavy atom. The highest BCUT2D eigenvalue weighted by Gasteiger charge is 2.16. The molecule has 0 aliphatic heterocycles. The zero-order chi connectivity index (χ0) is 15.4. The van der Waals surface area contributed by atoms with Crippen LogP contribution < -0.4 is 14.8 Å². The standard InChI is InChI=1S/C14H15ClFN3O2/c1-8(18-14-7-17-6-13(15)19-14)9-4-11(20-2)12(21-3)5-10(9)16/h4-8H,1-3H3,(H,18,19). The minimum absolute atomic E-state index is 0.264. The van der Waals surface area contributed by atoms with Crippen LogP contribution in [-0.4, -0.2) is 24.2 Å². The minimum Gasteiger partial charge on any atom is -0.493 e. The minimum atomic E-state index is -0.400. The highest BCUT2D eigenvalue weighted by Crippen LogP contribution is 2.33. The molecule has 21 heavy (non-hydrogen) atoms. The molecule has 0 amide bonds. The van der Waals surface area contributed by atoms with Crippen LogP contribution in [0.1, 0.15) is 18.5 Å². The number of nitrogens with zero attached hydrogens (tertiary/aromatic N) is 2. The second-order valence-corrected chi connectivity index (χ2v) is 4.71. The van der Waals surface area contributed by atoms with Gasteiger partial charge in [0.25, 0.3) is 0 Å². The van der Waals surface area contributed by atoms with E-state index in [1.807, 2.05) is 0 Å². The van der Waals surface area contributed by atoms with Crippen LogP contribution in [0.15, 0.2) is 24.5 Å². The number of anilines is 1. The molecule has 1 aromatic carbocycles. The van der Waals surface area contributed by atoms with Gasteiger partial charge in [-0.2, -0.15) is 0 Å². The first kappa shape index (κ1) is 15.3. The van der Waals surface area contributed by atoms with Crippen molar-refractivity contribution in [3.8, 4) is 11.5 Å². The van der Waals surface area contributed by atoms with Crippen LogP contribution in [0.4, 0.5) is 10.2 Å². The van der Waals surface area contributed by atoms with Crippen LogP contribution in [0.5, 0.6) is 11.5 Å². The summed E-state index contributed by atoms with van der Waals surface area (Å²) in [5.41, 5.74) is 0.425. The molecule has 1 unspecified atom stereocenters. The summed E-state index contributed by atoms with van der Waals surface area (Å²) in [6.07, 6.45) is 2.94. The lowest BCUT2D eigenvalue weighted by Gasteiger charge is -2.17. The fourth-order valence-electron chi connectivity index (χ4n) is 1.91. The third-order valence-corrected chi connectivity index (χ3v) is 3.12. The number of hydrogen-bond acceptors (Lipinski definition) is 5. The lowest BCUT2D eigenvalue weighted by molar-refractivity contribution is 0.351. The summed E-state index contributed by atoms with van der Waals surface area (Å²) in [6, 6.07) is 2.53. The Labute approximate surface area is 127 Å². The molecule has 0 saturated carbocycles. The monoisotopic (exact) mass is 311 g/mol. The average Bonchev–Trinajstić information content (AvgIpc) is 2.46. The number of nitrogens with one attached hydrogen (secondary N) is 1. The van der Waals surface area contributed by atoms with Crippen LogP contribution in [0, 0.1) is 5.82 Å². The Hall–Kier alpha value is -2.08. The Morgan fingerprint density at radius 3 is 2.48 bits per heavy atom. The molecular weight excluding hydrogens is 297 g/mol. The topological polar surface area (TPSA) is 56.3 Å². The maximum Gasteiger partial charge on any atom is 0.163 e. The molecule has 5 nitrogen and oxygen atoms in total. The Bertz CT molecular complexity index is 640. The summed E-state index contributed by atoms with van der Waals surface area (Å²) in [6.45, 7) is 1.80. The molecular formula is C14H15ClFN3O2. The number of benzene rings is 1. The molecule has 0 aliphatic carbocycles. The first-order valence-corrected chi connectivity index (χ1v) is 6.58. The SMILES string of the molecule is COc1cc(F)c(C(C)Nc2cncc(Cl)n2)cc1OC. The lowest BCUT2D eigenvalue weighted by Crippen LogP contribution is -2.10. The van der Waals surface area contributed by atoms with E-state index in [0.717, 1.165) is 0 Å². The third-order valence-electron chi connectivity index (χ3n) is 2.94. The van der Waals surface area contributed by atoms with Crippen LogP contribution >= 0.6 is 11.6 Å². The summed E-state index contributed by atoms with van der Waals surface area (Å²) in [5, 5.41) is 3.30. The van der Waals surface area contributed by atoms with Crippen molar-refractivity contribution in [3.05, 3.63) is 41.1 Å². The van der Waals surface area contributed by atoms with Crippen LogP contribution in [0.2, 0.25) is 5.15 Å². The summed E-state index contributed by atoms with van der Waals surface area (Å²) in [5.74, 6) is 0.861. The maximum absolute atomic E-state index is 14.1. The maximum atomic E-state index is 14.1. The van der Waals surface area contributed by atoms with Gasteiger partial charge in [0.1, 0.15) is 16.8 Å². The summed E-state index contributed by atoms with van der Waals surface area (Å²) < 4.78 is 24.4. The number of hydrogen-bond donors (Lipinski definition) is 1. The molecule has 1 heterocycles. The molecule has 7 heteroatoms. The number of rotatable bonds is 5. The molecule has 112 valence electrons. The molecule has 0 fully saturated rings. The van der Waals surface area contributed by atoms with Crippen LogP contribution in [0.25, 0.3) is 0 Å². The summed E-state index contributed by atoms with van der Waals surface area (Å²) in [7, 11) is 2.96. The van der Waals surface area contributed by atoms with Gasteiger partial charge in [-0.1, -0.05) is 11.6 Å². The van der Waals surface area contributed by atoms with E-state index in [1.165, 1.54) is 32.7 Å². The van der Waals surface area contributed by atoms with E-state index < -0.39 is 5.82 Å². The van der Waals surface area contributed by atoms with Crippen molar-refractivity contribution in [2.24, 2.45) is 0 Å². The van der Waals surface area contributed by atoms with Crippen molar-refractivity contribution < 1.29 is 13.9 Å². The molecule has 1 N–H and O–H groups in total. The molecule has 0 bridgehead atoms. The molecule has 0 saturated heterocycles. The van der Waals surface area contributed by atoms with E-state index in [-0.39, 0.29) is 11.2 Å². The highest BCUT2D eigenvalue weighted by atomic mass is 35.5. The van der Waals surface area contributed by atoms with Gasteiger partial charge in [-0.05, 0) is 13.0 Å². The van der Waals surface area contributed by atoms with Gasteiger partial charge in [-0.25, -0.2) is 9.37 Å². The van der Waals surface area contributed by atoms with Gasteiger partial charge in [0.05, 0.1) is 32.7 Å². The molecule has 2 rings (SSSR count). The number of ether oxygens (including phenoxy) is 2. The highest BCUT2D eigenvalue weighted by molar-refractivity contribution is 6.29. The zero-order valence-electron chi connectivity index (χ0n) is 11.9.